The molecule has 27 heavy (non-hydrogen) atoms. The van der Waals surface area contributed by atoms with E-state index in [-0.39, 0.29) is 25.5 Å². The van der Waals surface area contributed by atoms with Gasteiger partial charge < -0.3 is 20.1 Å². The second kappa shape index (κ2) is 11.4. The van der Waals surface area contributed by atoms with Crippen LogP contribution in [0.15, 0.2) is 30.3 Å². The van der Waals surface area contributed by atoms with Crippen LogP contribution in [0.1, 0.15) is 32.8 Å². The van der Waals surface area contributed by atoms with Gasteiger partial charge in [0.05, 0.1) is 12.3 Å². The van der Waals surface area contributed by atoms with Crippen LogP contribution in [0, 0.1) is 0 Å². The van der Waals surface area contributed by atoms with E-state index in [1.54, 1.807) is 20.8 Å². The predicted molar refractivity (Wildman–Crippen MR) is 103 cm³/mol. The van der Waals surface area contributed by atoms with Gasteiger partial charge in [0, 0.05) is 13.0 Å². The van der Waals surface area contributed by atoms with Gasteiger partial charge in [0.15, 0.2) is 0 Å². The third kappa shape index (κ3) is 10.5. The lowest BCUT2D eigenvalue weighted by atomic mass is 10.1. The van der Waals surface area contributed by atoms with Crippen molar-refractivity contribution in [2.45, 2.75) is 45.3 Å². The molecule has 0 spiro atoms. The molecule has 0 radical (unpaired) electrons. The summed E-state index contributed by atoms with van der Waals surface area (Å²) >= 11 is 5.44. The Morgan fingerprint density at radius 3 is 2.41 bits per heavy atom. The Morgan fingerprint density at radius 1 is 1.15 bits per heavy atom. The van der Waals surface area contributed by atoms with Crippen LogP contribution in [0.3, 0.4) is 0 Å². The number of hydrogen-bond donors (Lipinski definition) is 2. The highest BCUT2D eigenvalue weighted by molar-refractivity contribution is 6.18. The van der Waals surface area contributed by atoms with Crippen molar-refractivity contribution in [3.05, 3.63) is 35.9 Å². The lowest BCUT2D eigenvalue weighted by Gasteiger charge is -2.23. The van der Waals surface area contributed by atoms with Gasteiger partial charge in [-0.25, -0.2) is 4.79 Å². The zero-order valence-electron chi connectivity index (χ0n) is 15.9. The fraction of sp³-hybridized carbons (Fsp3) is 0.526. The summed E-state index contributed by atoms with van der Waals surface area (Å²) < 4.78 is 10.1. The molecule has 0 unspecified atom stereocenters. The Bertz CT molecular complexity index is 616. The first-order valence-corrected chi connectivity index (χ1v) is 9.27. The van der Waals surface area contributed by atoms with Crippen LogP contribution in [-0.4, -0.2) is 48.6 Å². The standard InChI is InChI=1S/C19H27ClN2O5/c1-19(2,3)27-18(25)22-15(13-14-7-5-4-6-8-14)17(24)21-11-9-16(23)26-12-10-20/h4-8,15H,9-13H2,1-3H3,(H,21,24)(H,22,25)/t15-/m1/s1. The molecular weight excluding hydrogens is 372 g/mol. The molecule has 2 N–H and O–H groups in total. The highest BCUT2D eigenvalue weighted by atomic mass is 35.5. The third-order valence-corrected chi connectivity index (χ3v) is 3.41. The molecule has 1 rings (SSSR count). The topological polar surface area (TPSA) is 93.7 Å². The molecule has 150 valence electrons. The molecule has 7 nitrogen and oxygen atoms in total. The predicted octanol–water partition coefficient (Wildman–Crippen LogP) is 2.41. The molecule has 8 heteroatoms. The van der Waals surface area contributed by atoms with Crippen LogP contribution in [0.4, 0.5) is 4.79 Å². The molecule has 1 aromatic carbocycles. The number of amides is 2. The van der Waals surface area contributed by atoms with Gasteiger partial charge >= 0.3 is 12.1 Å². The van der Waals surface area contributed by atoms with Crippen LogP contribution in [0.2, 0.25) is 0 Å². The van der Waals surface area contributed by atoms with Crippen LogP contribution < -0.4 is 10.6 Å². The molecule has 0 saturated carbocycles. The van der Waals surface area contributed by atoms with Crippen LogP contribution in [0.5, 0.6) is 0 Å². The van der Waals surface area contributed by atoms with Crippen molar-refractivity contribution < 1.29 is 23.9 Å². The van der Waals surface area contributed by atoms with Crippen LogP contribution in [-0.2, 0) is 25.5 Å². The average molecular weight is 399 g/mol. The van der Waals surface area contributed by atoms with E-state index < -0.39 is 29.6 Å². The molecule has 0 aliphatic heterocycles. The summed E-state index contributed by atoms with van der Waals surface area (Å²) in [5.74, 6) is -0.637. The van der Waals surface area contributed by atoms with Gasteiger partial charge in [-0.1, -0.05) is 30.3 Å². The monoisotopic (exact) mass is 398 g/mol. The van der Waals surface area contributed by atoms with Crippen molar-refractivity contribution >= 4 is 29.6 Å². The van der Waals surface area contributed by atoms with Crippen LogP contribution in [0.25, 0.3) is 0 Å². The Labute approximate surface area is 164 Å². The van der Waals surface area contributed by atoms with Gasteiger partial charge in [0.25, 0.3) is 0 Å². The highest BCUT2D eigenvalue weighted by Crippen LogP contribution is 2.08. The summed E-state index contributed by atoms with van der Waals surface area (Å²) in [5, 5.41) is 5.22. The second-order valence-electron chi connectivity index (χ2n) is 6.84. The van der Waals surface area contributed by atoms with E-state index in [1.807, 2.05) is 30.3 Å². The highest BCUT2D eigenvalue weighted by Gasteiger charge is 2.24. The van der Waals surface area contributed by atoms with Crippen molar-refractivity contribution in [2.24, 2.45) is 0 Å². The summed E-state index contributed by atoms with van der Waals surface area (Å²) in [6.07, 6.45) is -0.365. The molecule has 0 saturated heterocycles. The minimum atomic E-state index is -0.832. The molecule has 2 amide bonds. The van der Waals surface area contributed by atoms with Crippen molar-refractivity contribution in [2.75, 3.05) is 19.0 Å². The molecule has 1 atom stereocenters. The summed E-state index contributed by atoms with van der Waals surface area (Å²) in [6.45, 7) is 5.45. The van der Waals surface area contributed by atoms with Crippen molar-refractivity contribution in [3.63, 3.8) is 0 Å². The van der Waals surface area contributed by atoms with E-state index in [0.29, 0.717) is 6.42 Å². The normalized spacial score (nSPS) is 12.0. The Kier molecular flexibility index (Phi) is 9.64. The van der Waals surface area contributed by atoms with Crippen molar-refractivity contribution in [1.82, 2.24) is 10.6 Å². The van der Waals surface area contributed by atoms with Crippen molar-refractivity contribution in [1.29, 1.82) is 0 Å². The van der Waals surface area contributed by atoms with Gasteiger partial charge in [-0.05, 0) is 26.3 Å². The zero-order valence-corrected chi connectivity index (χ0v) is 16.7. The first-order valence-electron chi connectivity index (χ1n) is 8.74. The molecule has 0 fully saturated rings. The molecule has 0 aliphatic carbocycles. The number of ether oxygens (including phenoxy) is 2. The van der Waals surface area contributed by atoms with E-state index in [9.17, 15) is 14.4 Å². The van der Waals surface area contributed by atoms with E-state index in [4.69, 9.17) is 21.1 Å². The Morgan fingerprint density at radius 2 is 1.81 bits per heavy atom. The number of alkyl carbamates (subject to hydrolysis) is 1. The molecular formula is C19H27ClN2O5. The van der Waals surface area contributed by atoms with Crippen LogP contribution >= 0.6 is 11.6 Å². The average Bonchev–Trinajstić information content (AvgIpc) is 2.58. The second-order valence-corrected chi connectivity index (χ2v) is 7.22. The maximum Gasteiger partial charge on any atom is 0.408 e. The van der Waals surface area contributed by atoms with Gasteiger partial charge in [-0.2, -0.15) is 0 Å². The fourth-order valence-corrected chi connectivity index (χ4v) is 2.22. The van der Waals surface area contributed by atoms with E-state index in [1.165, 1.54) is 0 Å². The maximum atomic E-state index is 12.5. The number of carbonyl (C=O) groups is 3. The minimum absolute atomic E-state index is 0.0210. The summed E-state index contributed by atoms with van der Waals surface area (Å²) in [6, 6.07) is 8.46. The first kappa shape index (κ1) is 22.8. The third-order valence-electron chi connectivity index (χ3n) is 3.26. The molecule has 1 aromatic rings. The lowest BCUT2D eigenvalue weighted by molar-refractivity contribution is -0.142. The lowest BCUT2D eigenvalue weighted by Crippen LogP contribution is -2.49. The quantitative estimate of drug-likeness (QED) is 0.492. The minimum Gasteiger partial charge on any atom is -0.464 e. The summed E-state index contributed by atoms with van der Waals surface area (Å²) in [5.41, 5.74) is 0.208. The summed E-state index contributed by atoms with van der Waals surface area (Å²) in [7, 11) is 0. The maximum absolute atomic E-state index is 12.5. The van der Waals surface area contributed by atoms with Gasteiger partial charge in [-0.3, -0.25) is 9.59 Å². The number of esters is 1. The van der Waals surface area contributed by atoms with Crippen molar-refractivity contribution in [3.8, 4) is 0 Å². The van der Waals surface area contributed by atoms with Gasteiger partial charge in [0.1, 0.15) is 18.2 Å². The Balaban J connectivity index is 2.64. The number of benzene rings is 1. The molecule has 0 aliphatic rings. The SMILES string of the molecule is CC(C)(C)OC(=O)N[C@H](Cc1ccccc1)C(=O)NCCC(=O)OCCCl. The largest absolute Gasteiger partial charge is 0.464 e. The smallest absolute Gasteiger partial charge is 0.408 e. The fourth-order valence-electron chi connectivity index (χ4n) is 2.14. The molecule has 0 bridgehead atoms. The number of rotatable bonds is 9. The number of hydrogen-bond acceptors (Lipinski definition) is 5. The number of alkyl halides is 1. The summed E-state index contributed by atoms with van der Waals surface area (Å²) in [4.78, 5) is 36.0. The number of halogens is 1. The van der Waals surface area contributed by atoms with E-state index >= 15 is 0 Å². The zero-order chi connectivity index (χ0) is 20.3. The van der Waals surface area contributed by atoms with Gasteiger partial charge in [-0.15, -0.1) is 11.6 Å². The van der Waals surface area contributed by atoms with E-state index in [0.717, 1.165) is 5.56 Å². The molecule has 0 aromatic heterocycles. The molecule has 0 heterocycles. The van der Waals surface area contributed by atoms with Gasteiger partial charge in [0.2, 0.25) is 5.91 Å². The van der Waals surface area contributed by atoms with E-state index in [2.05, 4.69) is 10.6 Å². The first-order chi connectivity index (χ1) is 12.7. The number of nitrogens with one attached hydrogen (secondary N) is 2. The Hall–Kier alpha value is -2.28. The number of carbonyl (C=O) groups excluding carboxylic acids is 3.